The molecule has 148 heavy (non-hydrogen) atoms. The Hall–Kier alpha value is -3.55. The highest BCUT2D eigenvalue weighted by atomic mass is 128. The number of ether oxygens (including phenoxy) is 20. The number of nitrogens with two attached hydrogens (primary N) is 5. The Morgan fingerprint density at radius 2 is 1.06 bits per heavy atom. The number of carbonyl (C=O) groups excluding carboxylic acids is 3. The molecule has 2 amide bonds. The van der Waals surface area contributed by atoms with Gasteiger partial charge in [0.05, 0.1) is 121 Å². The molecular weight excluding hydrogens is 2410 g/mol. The lowest BCUT2D eigenvalue weighted by Crippen LogP contribution is -2.67. The van der Waals surface area contributed by atoms with Crippen molar-refractivity contribution in [3.63, 3.8) is 0 Å². The van der Waals surface area contributed by atoms with E-state index in [0.717, 1.165) is 84.5 Å². The summed E-state index contributed by atoms with van der Waals surface area (Å²) < 4.78 is 103. The topological polar surface area (TPSA) is 685 Å². The molecule has 3 aliphatic carbocycles. The van der Waals surface area contributed by atoms with Crippen molar-refractivity contribution in [2.45, 2.75) is 270 Å². The number of methoxy groups -OCH3 is 9. The van der Waals surface area contributed by atoms with Crippen molar-refractivity contribution in [2.24, 2.45) is 81.1 Å². The van der Waals surface area contributed by atoms with Crippen LogP contribution in [0.3, 0.4) is 0 Å². The second-order valence-electron chi connectivity index (χ2n) is 32.7. The Morgan fingerprint density at radius 1 is 0.588 bits per heavy atom. The van der Waals surface area contributed by atoms with E-state index in [0.29, 0.717) is 56.1 Å². The number of nitrogens with one attached hydrogen (secondary N) is 2. The predicted molar refractivity (Wildman–Crippen MR) is 604 cm³/mol. The molecule has 0 aromatic heterocycles. The molecule has 6 aliphatic rings. The van der Waals surface area contributed by atoms with Crippen LogP contribution in [0.2, 0.25) is 0 Å². The smallest absolute Gasteiger partial charge is 0.409 e. The van der Waals surface area contributed by atoms with Crippen LogP contribution in [0.5, 0.6) is 17.2 Å². The second kappa shape index (κ2) is 106. The van der Waals surface area contributed by atoms with Gasteiger partial charge in [-0.25, -0.2) is 4.79 Å². The number of thiocyanates is 1. The number of hydrogen-bond acceptors (Lipinski definition) is 44. The minimum atomic E-state index is -1.31. The number of amides is 2. The van der Waals surface area contributed by atoms with Crippen LogP contribution in [0.25, 0.3) is 10.4 Å². The molecular formula is C96H181BrI3N11O34S3. The number of hydrogen-bond donors (Lipinski definition) is 19. The van der Waals surface area contributed by atoms with Crippen LogP contribution in [-0.2, 0) is 96.7 Å². The number of aliphatic hydroxyl groups excluding tert-OH is 11. The van der Waals surface area contributed by atoms with E-state index in [2.05, 4.69) is 185 Å². The first-order chi connectivity index (χ1) is 70.2. The maximum atomic E-state index is 11.3. The summed E-state index contributed by atoms with van der Waals surface area (Å²) in [5, 5.41) is 124. The van der Waals surface area contributed by atoms with Gasteiger partial charge in [0, 0.05) is 147 Å². The van der Waals surface area contributed by atoms with Crippen molar-refractivity contribution in [3.8, 4) is 47.8 Å². The number of azide groups is 1. The van der Waals surface area contributed by atoms with Gasteiger partial charge in [-0.3, -0.25) is 14.9 Å². The fraction of sp³-hybridized carbons (Fsp3) is 0.792. The lowest BCUT2D eigenvalue weighted by molar-refractivity contribution is -0.309. The number of benzene rings is 2. The van der Waals surface area contributed by atoms with Gasteiger partial charge < -0.3 is 185 Å². The predicted octanol–water partition coefficient (Wildman–Crippen LogP) is 7.65. The SMILES string of the molecule is C#C.C#CCOC(=O)NCOC.CCC1OC(OC2C(C)CC(C)C(O)C2O)C(C)C(O)C1O.CCC1OC(OC2C(C)CC(C)C(OCc3ccc(OC)cc3)C2O)C(C)C(C)C1C.CCO.CCO.CCOc1ccc(OC)cc1.COCBr.COCN.COCN=[N+]=[N-].COCNC(=O)CCOC=O.COCSC#N.COCSCCOCCS.I.II.NCC1OC(OC2C(N)CC(N)C(O)C2O)C(N)C(O)C1O. The number of thiol groups is 1. The Kier molecular flexibility index (Phi) is 115. The fourth-order valence-electron chi connectivity index (χ4n) is 14.1. The summed E-state index contributed by atoms with van der Waals surface area (Å²) in [4.78, 5) is 33.2. The number of nitrogens with zero attached hydrogens (tertiary/aromatic N) is 4. The maximum Gasteiger partial charge on any atom is 0.409 e. The zero-order valence-corrected chi connectivity index (χ0v) is 101. The Balaban J connectivity index is -0.000000253. The molecule has 52 heteroatoms. The van der Waals surface area contributed by atoms with Gasteiger partial charge in [0.25, 0.3) is 6.47 Å². The fourth-order valence-corrected chi connectivity index (χ4v) is 14.9. The van der Waals surface area contributed by atoms with E-state index in [1.54, 1.807) is 75.2 Å². The summed E-state index contributed by atoms with van der Waals surface area (Å²) in [5.41, 5.74) is 36.9. The quantitative estimate of drug-likeness (QED) is 0.00262. The Labute approximate surface area is 941 Å². The number of alkyl carbamates (subject to hydrolysis) is 1. The van der Waals surface area contributed by atoms with Gasteiger partial charge in [0.15, 0.2) is 25.5 Å². The number of carbonyl (C=O) groups is 3. The first-order valence-corrected chi connectivity index (χ1v) is 57.7. The summed E-state index contributed by atoms with van der Waals surface area (Å²) in [7, 11) is 14.2. The summed E-state index contributed by atoms with van der Waals surface area (Å²) in [6, 6.07) is 13.1. The third-order valence-electron chi connectivity index (χ3n) is 22.0. The first kappa shape index (κ1) is 160. The van der Waals surface area contributed by atoms with Crippen molar-refractivity contribution in [3.05, 3.63) is 64.5 Å². The van der Waals surface area contributed by atoms with Crippen molar-refractivity contribution in [1.82, 2.24) is 10.6 Å². The van der Waals surface area contributed by atoms with Gasteiger partial charge in [-0.15, -0.1) is 55.0 Å². The van der Waals surface area contributed by atoms with Gasteiger partial charge in [-0.1, -0.05) is 108 Å². The highest BCUT2D eigenvalue weighted by Crippen LogP contribution is 2.42. The number of thioether (sulfide) groups is 2. The molecule has 23 N–H and O–H groups in total. The zero-order valence-electron chi connectivity index (χ0n) is 90.0. The average Bonchev–Trinajstić information content (AvgIpc) is 0.795. The molecule has 3 saturated heterocycles. The maximum absolute atomic E-state index is 11.3. The minimum Gasteiger partial charge on any atom is -0.497 e. The standard InChI is InChI=1S/C26H42O5.C16H30O6.C12H26N4O6.C9H12O2.C6H11NO4.C6H9NO3.C6H14O2S2.C3H5NOS.C2H5BrO.C2H5N3O.C2H7NO.2C2H6O.C2H2.I2.HI/c1-8-22-18(5)17(4)19(6)26(30-22)31-25-16(3)13-15(2)24(23(25)27)29-14-20-9-11-21(28-7)12-10-20;1-5-10-13(19)12(18)9(4)16(21-10)22-15-8(3)6-7(2)11(17)14(15)20;13-2-5-8(18)9(19)6(16)12(21-5)22-11-4(15)1-3(14)7(17)10(11)20;1-3-11-9-6-4-8(10-2)5-7-9;1-10-4-7-6(9)2-3-11-5-8;1-3-4-10-6(8)7-5-9-2;1-7-6-10-5-3-8-2-4-9;1-5-3-6-2-4;1-4-2-3;1-6-2-4-5-3;1-4-2-3;2*1-2-3;2*1-2;/h9-12,15-19,22-27H,8,13-14H2,1-7H3;7-20H,5-6H2,1-4H3;3-12,17-20H,1-2,13-16H2;4-7H,3H2,1-2H3;5H,2-4H2,1H3,(H,7,9);1H,4-5H2,2H3,(H,7,8);9H,2-6H2,1H3;3H2,1H3;2H2,1H3;2H2,1H3;2-3H2,1H3;2*3H,2H2,1H3;1-2H;;1H. The molecule has 0 spiro atoms. The third-order valence-corrected chi connectivity index (χ3v) is 24.0. The van der Waals surface area contributed by atoms with Crippen LogP contribution in [0, 0.1) is 83.2 Å². The lowest BCUT2D eigenvalue weighted by Gasteiger charge is -2.48. The van der Waals surface area contributed by atoms with Gasteiger partial charge in [0.1, 0.15) is 103 Å². The average molecular weight is 2590 g/mol. The number of alkyl halides is 1. The normalized spacial score (nSPS) is 28.4. The number of aliphatic hydroxyl groups is 11. The van der Waals surface area contributed by atoms with Crippen LogP contribution in [-0.4, -0.2) is 382 Å². The van der Waals surface area contributed by atoms with Gasteiger partial charge in [0.2, 0.25) is 5.91 Å². The molecule has 3 aliphatic heterocycles. The van der Waals surface area contributed by atoms with Crippen LogP contribution in [0.4, 0.5) is 4.79 Å². The minimum absolute atomic E-state index is 0. The monoisotopic (exact) mass is 2590 g/mol. The largest absolute Gasteiger partial charge is 0.497 e. The second-order valence-corrected chi connectivity index (χ2v) is 35.3. The van der Waals surface area contributed by atoms with Gasteiger partial charge in [-0.2, -0.15) is 17.9 Å². The number of rotatable bonds is 38. The summed E-state index contributed by atoms with van der Waals surface area (Å²) >= 11 is 14.1. The first-order valence-electron chi connectivity index (χ1n) is 47.6. The van der Waals surface area contributed by atoms with Crippen molar-refractivity contribution >= 4 is 132 Å². The molecule has 45 nitrogen and oxygen atoms in total. The van der Waals surface area contributed by atoms with E-state index in [-0.39, 0.29) is 150 Å². The van der Waals surface area contributed by atoms with E-state index >= 15 is 0 Å². The van der Waals surface area contributed by atoms with Gasteiger partial charge >= 0.3 is 6.09 Å². The summed E-state index contributed by atoms with van der Waals surface area (Å²) in [6.07, 6.45) is 1.24. The van der Waals surface area contributed by atoms with Crippen LogP contribution < -0.4 is 53.5 Å². The lowest BCUT2D eigenvalue weighted by atomic mass is 9.76. The Bertz CT molecular complexity index is 3430. The van der Waals surface area contributed by atoms with Crippen molar-refractivity contribution < 1.29 is 165 Å². The molecule has 8 rings (SSSR count). The van der Waals surface area contributed by atoms with Crippen molar-refractivity contribution in [1.29, 1.82) is 5.26 Å². The number of halogens is 4. The zero-order chi connectivity index (χ0) is 114. The third kappa shape index (κ3) is 72.4. The Morgan fingerprint density at radius 3 is 1.51 bits per heavy atom. The van der Waals surface area contributed by atoms with Crippen molar-refractivity contribution in [2.75, 3.05) is 173 Å². The van der Waals surface area contributed by atoms with E-state index in [1.165, 1.54) is 21.3 Å². The van der Waals surface area contributed by atoms with Crippen LogP contribution in [0.1, 0.15) is 134 Å². The highest BCUT2D eigenvalue weighted by molar-refractivity contribution is 15.0. The van der Waals surface area contributed by atoms with E-state index in [4.69, 9.17) is 113 Å². The van der Waals surface area contributed by atoms with E-state index in [1.807, 2.05) is 81.6 Å². The molecule has 3 heterocycles. The number of terminal acetylenes is 2. The molecule has 0 bridgehead atoms. The summed E-state index contributed by atoms with van der Waals surface area (Å²) in [5.74, 6) is 9.04. The van der Waals surface area contributed by atoms with Crippen LogP contribution >= 0.6 is 113 Å². The molecule has 2 aromatic rings. The van der Waals surface area contributed by atoms with E-state index < -0.39 is 122 Å². The van der Waals surface area contributed by atoms with Gasteiger partial charge in [-0.05, 0) is 148 Å². The van der Waals surface area contributed by atoms with E-state index in [9.17, 15) is 60.3 Å². The highest BCUT2D eigenvalue weighted by Gasteiger charge is 2.51. The molecule has 870 valence electrons. The molecule has 3 saturated carbocycles. The summed E-state index contributed by atoms with van der Waals surface area (Å²) in [6.45, 7) is 30.4. The number of nitriles is 1. The van der Waals surface area contributed by atoms with Crippen LogP contribution in [0.15, 0.2) is 53.6 Å². The molecule has 2 aromatic carbocycles. The molecule has 30 atom stereocenters. The molecule has 0 radical (unpaired) electrons. The molecule has 6 fully saturated rings. The molecule has 30 unspecified atom stereocenters.